The van der Waals surface area contributed by atoms with Crippen molar-refractivity contribution in [1.29, 1.82) is 0 Å². The number of carbonyl (C=O) groups excluding carboxylic acids is 1. The first-order valence-electron chi connectivity index (χ1n) is 10.9. The Morgan fingerprint density at radius 1 is 1.15 bits per heavy atom. The maximum atomic E-state index is 12.9. The van der Waals surface area contributed by atoms with Crippen molar-refractivity contribution in [2.45, 2.75) is 38.3 Å². The number of benzene rings is 2. The van der Waals surface area contributed by atoms with Crippen LogP contribution in [-0.4, -0.2) is 37.7 Å². The first kappa shape index (κ1) is 20.9. The van der Waals surface area contributed by atoms with Gasteiger partial charge >= 0.3 is 0 Å². The normalized spacial score (nSPS) is 13.2. The molecule has 4 aromatic rings. The Bertz CT molecular complexity index is 1350. The van der Waals surface area contributed by atoms with Gasteiger partial charge in [0.1, 0.15) is 17.4 Å². The Hall–Kier alpha value is -4.01. The number of aromatic nitrogens is 5. The average Bonchev–Trinajstić information content (AvgIpc) is 3.57. The zero-order chi connectivity index (χ0) is 22.8. The molecule has 2 aromatic heterocycles. The minimum absolute atomic E-state index is 0.0220. The Kier molecular flexibility index (Phi) is 5.60. The molecule has 0 bridgehead atoms. The molecule has 1 aliphatic carbocycles. The summed E-state index contributed by atoms with van der Waals surface area (Å²) in [5, 5.41) is 10.6. The zero-order valence-corrected chi connectivity index (χ0v) is 18.2. The van der Waals surface area contributed by atoms with E-state index in [-0.39, 0.29) is 30.5 Å². The summed E-state index contributed by atoms with van der Waals surface area (Å²) in [7, 11) is 1.61. The molecule has 1 fully saturated rings. The quantitative estimate of drug-likeness (QED) is 0.432. The van der Waals surface area contributed by atoms with Gasteiger partial charge in [-0.3, -0.25) is 19.3 Å². The summed E-state index contributed by atoms with van der Waals surface area (Å²) >= 11 is 0. The van der Waals surface area contributed by atoms with Crippen LogP contribution in [0.4, 0.5) is 0 Å². The van der Waals surface area contributed by atoms with Crippen molar-refractivity contribution in [2.24, 2.45) is 0 Å². The van der Waals surface area contributed by atoms with E-state index in [2.05, 4.69) is 25.5 Å². The van der Waals surface area contributed by atoms with Crippen LogP contribution in [0, 0.1) is 0 Å². The van der Waals surface area contributed by atoms with Crippen LogP contribution in [0.1, 0.15) is 37.0 Å². The number of para-hydroxylation sites is 1. The molecule has 0 radical (unpaired) electrons. The van der Waals surface area contributed by atoms with Crippen molar-refractivity contribution in [3.8, 4) is 17.1 Å². The molecule has 2 aromatic carbocycles. The van der Waals surface area contributed by atoms with Crippen molar-refractivity contribution in [2.75, 3.05) is 7.11 Å². The highest BCUT2D eigenvalue weighted by molar-refractivity contribution is 5.78. The van der Waals surface area contributed by atoms with Crippen LogP contribution in [0.2, 0.25) is 0 Å². The van der Waals surface area contributed by atoms with Gasteiger partial charge in [-0.15, -0.1) is 0 Å². The number of aryl methyl sites for hydroxylation is 1. The topological polar surface area (TPSA) is 115 Å². The van der Waals surface area contributed by atoms with Gasteiger partial charge in [-0.2, -0.15) is 5.10 Å². The van der Waals surface area contributed by atoms with E-state index in [9.17, 15) is 9.59 Å². The lowest BCUT2D eigenvalue weighted by atomic mass is 10.2. The van der Waals surface area contributed by atoms with Crippen LogP contribution in [0.25, 0.3) is 22.3 Å². The van der Waals surface area contributed by atoms with Crippen LogP contribution >= 0.6 is 0 Å². The third kappa shape index (κ3) is 4.48. The number of hydrogen-bond donors (Lipinski definition) is 2. The molecule has 9 heteroatoms. The largest absolute Gasteiger partial charge is 0.497 e. The third-order valence-corrected chi connectivity index (χ3v) is 5.70. The lowest BCUT2D eigenvalue weighted by Crippen LogP contribution is -2.27. The Balaban J connectivity index is 1.22. The fourth-order valence-corrected chi connectivity index (χ4v) is 3.82. The second kappa shape index (κ2) is 8.85. The highest BCUT2D eigenvalue weighted by atomic mass is 16.5. The minimum atomic E-state index is -0.137. The predicted octanol–water partition coefficient (Wildman–Crippen LogP) is 2.77. The van der Waals surface area contributed by atoms with E-state index in [1.54, 1.807) is 17.7 Å². The molecule has 168 valence electrons. The van der Waals surface area contributed by atoms with E-state index in [0.29, 0.717) is 34.8 Å². The predicted molar refractivity (Wildman–Crippen MR) is 123 cm³/mol. The fraction of sp³-hybridized carbons (Fsp3) is 0.292. The maximum Gasteiger partial charge on any atom is 0.261 e. The molecule has 0 aliphatic heterocycles. The van der Waals surface area contributed by atoms with Crippen LogP contribution in [-0.2, 0) is 17.8 Å². The summed E-state index contributed by atoms with van der Waals surface area (Å²) in [6, 6.07) is 15.0. The van der Waals surface area contributed by atoms with E-state index in [1.165, 1.54) is 0 Å². The molecule has 2 N–H and O–H groups in total. The van der Waals surface area contributed by atoms with E-state index >= 15 is 0 Å². The molecule has 0 spiro atoms. The number of rotatable bonds is 8. The number of ether oxygens (including phenoxy) is 1. The summed E-state index contributed by atoms with van der Waals surface area (Å²) in [5.74, 6) is 2.40. The SMILES string of the molecule is COc1ccc(-c2n[nH]c(CNC(=O)CCc3nc4ccccc4c(=O)n3C3CC3)n2)cc1. The summed E-state index contributed by atoms with van der Waals surface area (Å²) in [5.41, 5.74) is 1.50. The van der Waals surface area contributed by atoms with Crippen molar-refractivity contribution in [3.05, 3.63) is 70.5 Å². The average molecular weight is 444 g/mol. The maximum absolute atomic E-state index is 12.9. The van der Waals surface area contributed by atoms with Gasteiger partial charge in [0.2, 0.25) is 5.91 Å². The molecule has 0 saturated heterocycles. The number of aromatic amines is 1. The first-order chi connectivity index (χ1) is 16.1. The van der Waals surface area contributed by atoms with E-state index in [0.717, 1.165) is 24.2 Å². The molecule has 2 heterocycles. The zero-order valence-electron chi connectivity index (χ0n) is 18.2. The van der Waals surface area contributed by atoms with Crippen LogP contribution in [0.3, 0.4) is 0 Å². The number of carbonyl (C=O) groups is 1. The van der Waals surface area contributed by atoms with Gasteiger partial charge in [0.05, 0.1) is 24.6 Å². The molecular weight excluding hydrogens is 420 g/mol. The van der Waals surface area contributed by atoms with Crippen molar-refractivity contribution < 1.29 is 9.53 Å². The standard InChI is InChI=1S/C24H24N6O3/c1-33-17-10-6-15(7-11-17)23-27-20(28-29-23)14-25-22(31)13-12-21-26-19-5-3-2-4-18(19)24(32)30(21)16-8-9-16/h2-7,10-11,16H,8-9,12-14H2,1H3,(H,25,31)(H,27,28,29). The molecule has 0 unspecified atom stereocenters. The Labute approximate surface area is 189 Å². The van der Waals surface area contributed by atoms with E-state index < -0.39 is 0 Å². The van der Waals surface area contributed by atoms with Gasteiger partial charge in [0, 0.05) is 24.4 Å². The van der Waals surface area contributed by atoms with E-state index in [4.69, 9.17) is 4.74 Å². The number of amides is 1. The summed E-state index contributed by atoms with van der Waals surface area (Å²) in [4.78, 5) is 34.5. The van der Waals surface area contributed by atoms with Crippen molar-refractivity contribution >= 4 is 16.8 Å². The minimum Gasteiger partial charge on any atom is -0.497 e. The molecule has 1 amide bonds. The molecule has 9 nitrogen and oxygen atoms in total. The molecular formula is C24H24N6O3. The van der Waals surface area contributed by atoms with Crippen LogP contribution in [0.15, 0.2) is 53.3 Å². The highest BCUT2D eigenvalue weighted by Gasteiger charge is 2.28. The van der Waals surface area contributed by atoms with Gasteiger partial charge in [-0.1, -0.05) is 12.1 Å². The number of fused-ring (bicyclic) bond motifs is 1. The molecule has 1 aliphatic rings. The van der Waals surface area contributed by atoms with Gasteiger partial charge in [-0.25, -0.2) is 9.97 Å². The van der Waals surface area contributed by atoms with Crippen molar-refractivity contribution in [1.82, 2.24) is 30.0 Å². The van der Waals surface area contributed by atoms with Gasteiger partial charge in [-0.05, 0) is 49.2 Å². The fourth-order valence-electron chi connectivity index (χ4n) is 3.82. The summed E-state index contributed by atoms with van der Waals surface area (Å²) in [6.07, 6.45) is 2.58. The van der Waals surface area contributed by atoms with Crippen molar-refractivity contribution in [3.63, 3.8) is 0 Å². The highest BCUT2D eigenvalue weighted by Crippen LogP contribution is 2.34. The molecule has 33 heavy (non-hydrogen) atoms. The van der Waals surface area contributed by atoms with E-state index in [1.807, 2.05) is 42.5 Å². The number of nitrogens with one attached hydrogen (secondary N) is 2. The monoisotopic (exact) mass is 444 g/mol. The number of hydrogen-bond acceptors (Lipinski definition) is 6. The third-order valence-electron chi connectivity index (χ3n) is 5.70. The van der Waals surface area contributed by atoms with Crippen LogP contribution in [0.5, 0.6) is 5.75 Å². The lowest BCUT2D eigenvalue weighted by Gasteiger charge is -2.12. The van der Waals surface area contributed by atoms with Crippen LogP contribution < -0.4 is 15.6 Å². The molecule has 0 atom stereocenters. The van der Waals surface area contributed by atoms with Gasteiger partial charge in [0.15, 0.2) is 5.82 Å². The second-order valence-corrected chi connectivity index (χ2v) is 8.06. The smallest absolute Gasteiger partial charge is 0.261 e. The first-order valence-corrected chi connectivity index (χ1v) is 10.9. The second-order valence-electron chi connectivity index (χ2n) is 8.06. The Morgan fingerprint density at radius 2 is 1.94 bits per heavy atom. The number of nitrogens with zero attached hydrogens (tertiary/aromatic N) is 4. The lowest BCUT2D eigenvalue weighted by molar-refractivity contribution is -0.121. The Morgan fingerprint density at radius 3 is 2.70 bits per heavy atom. The number of methoxy groups -OCH3 is 1. The summed E-state index contributed by atoms with van der Waals surface area (Å²) < 4.78 is 6.93. The summed E-state index contributed by atoms with van der Waals surface area (Å²) in [6.45, 7) is 0.239. The molecule has 1 saturated carbocycles. The van der Waals surface area contributed by atoms with Gasteiger partial charge < -0.3 is 10.1 Å². The van der Waals surface area contributed by atoms with Gasteiger partial charge in [0.25, 0.3) is 5.56 Å². The number of H-pyrrole nitrogens is 1. The molecule has 5 rings (SSSR count).